The summed E-state index contributed by atoms with van der Waals surface area (Å²) >= 11 is 0. The summed E-state index contributed by atoms with van der Waals surface area (Å²) < 4.78 is 0. The van der Waals surface area contributed by atoms with Gasteiger partial charge >= 0.3 is 0 Å². The normalized spacial score (nSPS) is 14.0. The Kier molecular flexibility index (Phi) is 5.42. The molecular formula is C23H25N5O. The molecule has 6 nitrogen and oxygen atoms in total. The highest BCUT2D eigenvalue weighted by molar-refractivity contribution is 5.94. The largest absolute Gasteiger partial charge is 0.368 e. The van der Waals surface area contributed by atoms with E-state index in [9.17, 15) is 4.79 Å². The van der Waals surface area contributed by atoms with Gasteiger partial charge < -0.3 is 14.7 Å². The minimum atomic E-state index is -0.0113. The highest BCUT2D eigenvalue weighted by Crippen LogP contribution is 2.20. The molecule has 1 aliphatic heterocycles. The van der Waals surface area contributed by atoms with E-state index in [1.807, 2.05) is 47.2 Å². The summed E-state index contributed by atoms with van der Waals surface area (Å²) in [4.78, 5) is 27.8. The molecule has 1 fully saturated rings. The summed E-state index contributed by atoms with van der Waals surface area (Å²) in [6.07, 6.45) is 3.24. The Hall–Kier alpha value is -3.41. The van der Waals surface area contributed by atoms with Crippen LogP contribution in [0.1, 0.15) is 15.9 Å². The Labute approximate surface area is 171 Å². The Morgan fingerprint density at radius 1 is 0.931 bits per heavy atom. The maximum absolute atomic E-state index is 12.9. The van der Waals surface area contributed by atoms with E-state index in [1.165, 1.54) is 11.3 Å². The first-order chi connectivity index (χ1) is 14.1. The molecule has 1 amide bonds. The van der Waals surface area contributed by atoms with Crippen molar-refractivity contribution < 1.29 is 4.79 Å². The molecule has 0 radical (unpaired) electrons. The quantitative estimate of drug-likeness (QED) is 0.686. The van der Waals surface area contributed by atoms with Crippen molar-refractivity contribution in [2.45, 2.75) is 6.92 Å². The fraction of sp³-hybridized carbons (Fsp3) is 0.261. The predicted octanol–water partition coefficient (Wildman–Crippen LogP) is 3.52. The van der Waals surface area contributed by atoms with Gasteiger partial charge in [-0.15, -0.1) is 0 Å². The van der Waals surface area contributed by atoms with E-state index in [0.717, 1.165) is 18.8 Å². The van der Waals surface area contributed by atoms with E-state index in [4.69, 9.17) is 0 Å². The molecule has 6 heteroatoms. The first-order valence-corrected chi connectivity index (χ1v) is 9.83. The van der Waals surface area contributed by atoms with E-state index in [-0.39, 0.29) is 5.91 Å². The Balaban J connectivity index is 1.39. The number of carbonyl (C=O) groups is 1. The second kappa shape index (κ2) is 8.31. The fourth-order valence-electron chi connectivity index (χ4n) is 3.55. The van der Waals surface area contributed by atoms with Gasteiger partial charge in [0.2, 0.25) is 5.95 Å². The van der Waals surface area contributed by atoms with Gasteiger partial charge in [0.1, 0.15) is 0 Å². The highest BCUT2D eigenvalue weighted by atomic mass is 16.2. The highest BCUT2D eigenvalue weighted by Gasteiger charge is 2.23. The third kappa shape index (κ3) is 4.21. The number of piperazine rings is 1. The Morgan fingerprint density at radius 3 is 2.28 bits per heavy atom. The number of rotatable bonds is 4. The van der Waals surface area contributed by atoms with E-state index in [1.54, 1.807) is 12.4 Å². The molecule has 3 aromatic rings. The molecule has 0 atom stereocenters. The molecule has 1 aliphatic rings. The smallest absolute Gasteiger partial charge is 0.257 e. The molecule has 0 aliphatic carbocycles. The molecule has 148 valence electrons. The van der Waals surface area contributed by atoms with Crippen molar-refractivity contribution >= 4 is 23.2 Å². The number of nitrogens with zero attached hydrogens (tertiary/aromatic N) is 5. The molecule has 0 spiro atoms. The van der Waals surface area contributed by atoms with Crippen LogP contribution in [0.2, 0.25) is 0 Å². The molecule has 29 heavy (non-hydrogen) atoms. The summed E-state index contributed by atoms with van der Waals surface area (Å²) in [5.41, 5.74) is 3.99. The zero-order valence-corrected chi connectivity index (χ0v) is 16.8. The van der Waals surface area contributed by atoms with Gasteiger partial charge in [-0.05, 0) is 36.8 Å². The van der Waals surface area contributed by atoms with Crippen LogP contribution in [0.15, 0.2) is 67.0 Å². The van der Waals surface area contributed by atoms with Crippen LogP contribution >= 0.6 is 0 Å². The Bertz CT molecular complexity index is 966. The predicted molar refractivity (Wildman–Crippen MR) is 116 cm³/mol. The van der Waals surface area contributed by atoms with Crippen LogP contribution in [0.5, 0.6) is 0 Å². The van der Waals surface area contributed by atoms with Gasteiger partial charge in [-0.25, -0.2) is 9.97 Å². The average Bonchev–Trinajstić information content (AvgIpc) is 2.79. The van der Waals surface area contributed by atoms with Crippen molar-refractivity contribution in [2.24, 2.45) is 0 Å². The second-order valence-corrected chi connectivity index (χ2v) is 7.28. The van der Waals surface area contributed by atoms with Crippen molar-refractivity contribution in [1.29, 1.82) is 0 Å². The second-order valence-electron chi connectivity index (χ2n) is 7.28. The van der Waals surface area contributed by atoms with E-state index >= 15 is 0 Å². The van der Waals surface area contributed by atoms with E-state index in [0.29, 0.717) is 24.6 Å². The first-order valence-electron chi connectivity index (χ1n) is 9.83. The number of hydrogen-bond donors (Lipinski definition) is 0. The molecule has 0 N–H and O–H groups in total. The summed E-state index contributed by atoms with van der Waals surface area (Å²) in [5.74, 6) is 0.555. The minimum absolute atomic E-state index is 0.0113. The number of carbonyl (C=O) groups excluding carboxylic acids is 1. The Morgan fingerprint density at radius 2 is 1.62 bits per heavy atom. The lowest BCUT2D eigenvalue weighted by atomic mass is 10.2. The monoisotopic (exact) mass is 387 g/mol. The van der Waals surface area contributed by atoms with Gasteiger partial charge in [-0.1, -0.05) is 30.3 Å². The lowest BCUT2D eigenvalue weighted by Crippen LogP contribution is -2.48. The topological polar surface area (TPSA) is 52.6 Å². The van der Waals surface area contributed by atoms with Crippen molar-refractivity contribution in [2.75, 3.05) is 43.0 Å². The molecular weight excluding hydrogens is 362 g/mol. The summed E-state index contributed by atoms with van der Waals surface area (Å²) in [6.45, 7) is 5.13. The standard InChI is InChI=1S/C23H25N5O/c1-18-7-6-10-21(15-18)27-11-13-28(14-12-27)22(29)19-16-24-23(25-17-19)26(2)20-8-4-3-5-9-20/h3-10,15-17H,11-14H2,1-2H3. The number of benzene rings is 2. The molecule has 4 rings (SSSR count). The van der Waals surface area contributed by atoms with Gasteiger partial charge in [-0.3, -0.25) is 4.79 Å². The SMILES string of the molecule is Cc1cccc(N2CCN(C(=O)c3cnc(N(C)c4ccccc4)nc3)CC2)c1. The van der Waals surface area contributed by atoms with E-state index in [2.05, 4.69) is 46.1 Å². The van der Waals surface area contributed by atoms with Crippen molar-refractivity contribution in [3.63, 3.8) is 0 Å². The lowest BCUT2D eigenvalue weighted by Gasteiger charge is -2.36. The summed E-state index contributed by atoms with van der Waals surface area (Å²) in [6, 6.07) is 18.4. The molecule has 0 unspecified atom stereocenters. The van der Waals surface area contributed by atoms with E-state index < -0.39 is 0 Å². The maximum atomic E-state index is 12.9. The van der Waals surface area contributed by atoms with Crippen LogP contribution in [0.25, 0.3) is 0 Å². The van der Waals surface area contributed by atoms with Gasteiger partial charge in [0.15, 0.2) is 0 Å². The number of aromatic nitrogens is 2. The average molecular weight is 387 g/mol. The first kappa shape index (κ1) is 18.9. The number of para-hydroxylation sites is 1. The van der Waals surface area contributed by atoms with Gasteiger partial charge in [0.05, 0.1) is 5.56 Å². The third-order valence-corrected chi connectivity index (χ3v) is 5.26. The molecule has 2 heterocycles. The zero-order chi connectivity index (χ0) is 20.2. The van der Waals surface area contributed by atoms with Crippen LogP contribution in [0.4, 0.5) is 17.3 Å². The minimum Gasteiger partial charge on any atom is -0.368 e. The summed E-state index contributed by atoms with van der Waals surface area (Å²) in [7, 11) is 1.91. The van der Waals surface area contributed by atoms with Crippen LogP contribution < -0.4 is 9.80 Å². The third-order valence-electron chi connectivity index (χ3n) is 5.26. The van der Waals surface area contributed by atoms with Crippen molar-refractivity contribution in [3.8, 4) is 0 Å². The van der Waals surface area contributed by atoms with Gasteiger partial charge in [-0.2, -0.15) is 0 Å². The molecule has 2 aromatic carbocycles. The number of aryl methyl sites for hydroxylation is 1. The van der Waals surface area contributed by atoms with Crippen LogP contribution in [0, 0.1) is 6.92 Å². The number of anilines is 3. The summed E-state index contributed by atoms with van der Waals surface area (Å²) in [5, 5.41) is 0. The van der Waals surface area contributed by atoms with Crippen LogP contribution in [-0.2, 0) is 0 Å². The maximum Gasteiger partial charge on any atom is 0.257 e. The van der Waals surface area contributed by atoms with Gasteiger partial charge in [0.25, 0.3) is 5.91 Å². The molecule has 1 saturated heterocycles. The van der Waals surface area contributed by atoms with Gasteiger partial charge in [0, 0.05) is 57.0 Å². The zero-order valence-electron chi connectivity index (χ0n) is 16.8. The molecule has 0 bridgehead atoms. The molecule has 0 saturated carbocycles. The lowest BCUT2D eigenvalue weighted by molar-refractivity contribution is 0.0746. The van der Waals surface area contributed by atoms with Crippen LogP contribution in [0.3, 0.4) is 0 Å². The van der Waals surface area contributed by atoms with Crippen molar-refractivity contribution in [1.82, 2.24) is 14.9 Å². The van der Waals surface area contributed by atoms with Crippen LogP contribution in [-0.4, -0.2) is 54.0 Å². The molecule has 1 aromatic heterocycles. The van der Waals surface area contributed by atoms with Crippen molar-refractivity contribution in [3.05, 3.63) is 78.1 Å². The number of hydrogen-bond acceptors (Lipinski definition) is 5. The number of amides is 1. The fourth-order valence-corrected chi connectivity index (χ4v) is 3.55.